The summed E-state index contributed by atoms with van der Waals surface area (Å²) in [6.45, 7) is 9.02. The Kier molecular flexibility index (Phi) is 7.54. The Balaban J connectivity index is 1.43. The van der Waals surface area contributed by atoms with Gasteiger partial charge in [-0.2, -0.15) is 0 Å². The Morgan fingerprint density at radius 2 is 2.30 bits per heavy atom. The van der Waals surface area contributed by atoms with Crippen molar-refractivity contribution in [2.75, 3.05) is 39.5 Å². The Labute approximate surface area is 161 Å². The van der Waals surface area contributed by atoms with Gasteiger partial charge in [0.05, 0.1) is 12.7 Å². The van der Waals surface area contributed by atoms with Crippen molar-refractivity contribution in [1.82, 2.24) is 15.6 Å². The molecule has 0 amide bonds. The minimum Gasteiger partial charge on any atom is -0.379 e. The number of rotatable bonds is 9. The van der Waals surface area contributed by atoms with Gasteiger partial charge in [0.25, 0.3) is 0 Å². The first-order chi connectivity index (χ1) is 13.3. The van der Waals surface area contributed by atoms with Crippen molar-refractivity contribution in [2.45, 2.75) is 39.2 Å². The third kappa shape index (κ3) is 5.71. The third-order valence-electron chi connectivity index (χ3n) is 4.84. The molecule has 6 heteroatoms. The Morgan fingerprint density at radius 3 is 3.11 bits per heavy atom. The van der Waals surface area contributed by atoms with Crippen LogP contribution in [-0.2, 0) is 15.9 Å². The minimum atomic E-state index is 0.278. The van der Waals surface area contributed by atoms with Gasteiger partial charge in [-0.3, -0.25) is 4.99 Å². The Bertz CT molecular complexity index is 735. The molecule has 1 aliphatic rings. The highest BCUT2D eigenvalue weighted by Gasteiger charge is 2.15. The normalized spacial score (nSPS) is 17.6. The predicted molar refractivity (Wildman–Crippen MR) is 111 cm³/mol. The summed E-state index contributed by atoms with van der Waals surface area (Å²) >= 11 is 0. The highest BCUT2D eigenvalue weighted by atomic mass is 16.5. The van der Waals surface area contributed by atoms with Gasteiger partial charge in [0.1, 0.15) is 0 Å². The van der Waals surface area contributed by atoms with Crippen LogP contribution in [0, 0.1) is 6.92 Å². The molecule has 1 saturated heterocycles. The number of benzene rings is 1. The largest absolute Gasteiger partial charge is 0.379 e. The fourth-order valence-corrected chi connectivity index (χ4v) is 3.46. The van der Waals surface area contributed by atoms with Gasteiger partial charge in [-0.1, -0.05) is 12.1 Å². The fourth-order valence-electron chi connectivity index (χ4n) is 3.46. The Morgan fingerprint density at radius 1 is 1.37 bits per heavy atom. The number of hydrogen-bond acceptors (Lipinski definition) is 3. The summed E-state index contributed by atoms with van der Waals surface area (Å²) in [6, 6.07) is 6.39. The second kappa shape index (κ2) is 10.3. The van der Waals surface area contributed by atoms with E-state index in [1.165, 1.54) is 22.0 Å². The van der Waals surface area contributed by atoms with Crippen LogP contribution in [0.4, 0.5) is 0 Å². The molecule has 0 aliphatic carbocycles. The van der Waals surface area contributed by atoms with E-state index in [2.05, 4.69) is 58.9 Å². The van der Waals surface area contributed by atoms with Crippen molar-refractivity contribution in [3.05, 3.63) is 35.5 Å². The van der Waals surface area contributed by atoms with Crippen molar-refractivity contribution in [2.24, 2.45) is 4.99 Å². The number of ether oxygens (including phenoxy) is 2. The van der Waals surface area contributed by atoms with E-state index in [1.807, 2.05) is 0 Å². The smallest absolute Gasteiger partial charge is 0.191 e. The first kappa shape index (κ1) is 19.7. The first-order valence-corrected chi connectivity index (χ1v) is 10.0. The number of guanidine groups is 1. The second-order valence-corrected chi connectivity index (χ2v) is 6.96. The lowest BCUT2D eigenvalue weighted by molar-refractivity contribution is 0.0424. The second-order valence-electron chi connectivity index (χ2n) is 6.96. The number of aromatic amines is 1. The van der Waals surface area contributed by atoms with Crippen LogP contribution in [0.15, 0.2) is 29.4 Å². The molecule has 0 bridgehead atoms. The molecule has 2 aromatic rings. The summed E-state index contributed by atoms with van der Waals surface area (Å²) in [4.78, 5) is 8.02. The van der Waals surface area contributed by atoms with Gasteiger partial charge >= 0.3 is 0 Å². The number of aromatic nitrogens is 1. The molecule has 1 atom stereocenters. The molecule has 1 aliphatic heterocycles. The van der Waals surface area contributed by atoms with Gasteiger partial charge in [-0.05, 0) is 50.3 Å². The first-order valence-electron chi connectivity index (χ1n) is 10.0. The highest BCUT2D eigenvalue weighted by Crippen LogP contribution is 2.22. The number of aliphatic imine (C=N–C) groups is 1. The van der Waals surface area contributed by atoms with E-state index >= 15 is 0 Å². The third-order valence-corrected chi connectivity index (χ3v) is 4.84. The zero-order chi connectivity index (χ0) is 18.9. The van der Waals surface area contributed by atoms with E-state index in [0.29, 0.717) is 0 Å². The molecule has 3 rings (SSSR count). The molecule has 27 heavy (non-hydrogen) atoms. The van der Waals surface area contributed by atoms with Gasteiger partial charge in [-0.15, -0.1) is 0 Å². The lowest BCUT2D eigenvalue weighted by atomic mass is 10.1. The maximum Gasteiger partial charge on any atom is 0.191 e. The molecule has 148 valence electrons. The molecular formula is C21H32N4O2. The van der Waals surface area contributed by atoms with Crippen molar-refractivity contribution in [3.8, 4) is 0 Å². The number of hydrogen-bond donors (Lipinski definition) is 3. The summed E-state index contributed by atoms with van der Waals surface area (Å²) in [7, 11) is 0. The monoisotopic (exact) mass is 372 g/mol. The minimum absolute atomic E-state index is 0.278. The molecule has 6 nitrogen and oxygen atoms in total. The molecule has 1 fully saturated rings. The maximum absolute atomic E-state index is 5.79. The van der Waals surface area contributed by atoms with Gasteiger partial charge in [0.15, 0.2) is 5.96 Å². The molecule has 2 heterocycles. The van der Waals surface area contributed by atoms with Crippen molar-refractivity contribution < 1.29 is 9.47 Å². The van der Waals surface area contributed by atoms with E-state index in [-0.39, 0.29) is 6.10 Å². The van der Waals surface area contributed by atoms with E-state index in [0.717, 1.165) is 64.7 Å². The molecule has 1 aromatic heterocycles. The lowest BCUT2D eigenvalue weighted by Crippen LogP contribution is -2.38. The van der Waals surface area contributed by atoms with Crippen molar-refractivity contribution >= 4 is 16.9 Å². The van der Waals surface area contributed by atoms with Crippen LogP contribution in [0.2, 0.25) is 0 Å². The van der Waals surface area contributed by atoms with E-state index < -0.39 is 0 Å². The lowest BCUT2D eigenvalue weighted by Gasteiger charge is -2.12. The van der Waals surface area contributed by atoms with Gasteiger partial charge in [0.2, 0.25) is 0 Å². The van der Waals surface area contributed by atoms with E-state index in [9.17, 15) is 0 Å². The number of nitrogens with one attached hydrogen (secondary N) is 3. The van der Waals surface area contributed by atoms with Crippen molar-refractivity contribution in [1.29, 1.82) is 0 Å². The summed E-state index contributed by atoms with van der Waals surface area (Å²) < 4.78 is 11.1. The molecular weight excluding hydrogens is 340 g/mol. The number of aryl methyl sites for hydroxylation is 1. The summed E-state index contributed by atoms with van der Waals surface area (Å²) in [5.41, 5.74) is 3.87. The van der Waals surface area contributed by atoms with Crippen LogP contribution in [-0.4, -0.2) is 56.5 Å². The van der Waals surface area contributed by atoms with Crippen LogP contribution >= 0.6 is 0 Å². The maximum atomic E-state index is 5.79. The van der Waals surface area contributed by atoms with Crippen LogP contribution in [0.5, 0.6) is 0 Å². The number of fused-ring (bicyclic) bond motifs is 1. The SMILES string of the molecule is CCNC(=NCCCOC1CCOC1)NCCc1c[nH]c2cccc(C)c12. The zero-order valence-corrected chi connectivity index (χ0v) is 16.5. The zero-order valence-electron chi connectivity index (χ0n) is 16.5. The number of H-pyrrole nitrogens is 1. The average molecular weight is 373 g/mol. The summed E-state index contributed by atoms with van der Waals surface area (Å²) in [5.74, 6) is 0.873. The van der Waals surface area contributed by atoms with Crippen LogP contribution in [0.25, 0.3) is 10.9 Å². The van der Waals surface area contributed by atoms with Crippen molar-refractivity contribution in [3.63, 3.8) is 0 Å². The molecule has 0 saturated carbocycles. The molecule has 1 unspecified atom stereocenters. The molecule has 0 spiro atoms. The molecule has 0 radical (unpaired) electrons. The van der Waals surface area contributed by atoms with Crippen LogP contribution < -0.4 is 10.6 Å². The van der Waals surface area contributed by atoms with Crippen LogP contribution in [0.1, 0.15) is 30.9 Å². The highest BCUT2D eigenvalue weighted by molar-refractivity contribution is 5.86. The van der Waals surface area contributed by atoms with E-state index in [4.69, 9.17) is 9.47 Å². The average Bonchev–Trinajstić information content (AvgIpc) is 3.32. The van der Waals surface area contributed by atoms with E-state index in [1.54, 1.807) is 0 Å². The Hall–Kier alpha value is -2.05. The number of nitrogens with zero attached hydrogens (tertiary/aromatic N) is 1. The summed E-state index contributed by atoms with van der Waals surface area (Å²) in [6.07, 6.45) is 5.29. The van der Waals surface area contributed by atoms with Gasteiger partial charge < -0.3 is 25.1 Å². The standard InChI is InChI=1S/C21H32N4O2/c1-3-22-21(23-10-5-12-27-18-9-13-26-15-18)24-11-8-17-14-25-19-7-4-6-16(2)20(17)19/h4,6-7,14,18,25H,3,5,8-13,15H2,1-2H3,(H2,22,23,24). The quantitative estimate of drug-likeness (QED) is 0.360. The summed E-state index contributed by atoms with van der Waals surface area (Å²) in [5, 5.41) is 8.09. The molecule has 3 N–H and O–H groups in total. The fraction of sp³-hybridized carbons (Fsp3) is 0.571. The van der Waals surface area contributed by atoms with Gasteiger partial charge in [-0.25, -0.2) is 0 Å². The molecule has 1 aromatic carbocycles. The van der Waals surface area contributed by atoms with Gasteiger partial charge in [0, 0.05) is 49.9 Å². The predicted octanol–water partition coefficient (Wildman–Crippen LogP) is 2.77. The topological polar surface area (TPSA) is 70.7 Å². The van der Waals surface area contributed by atoms with Crippen LogP contribution in [0.3, 0.4) is 0 Å².